The predicted molar refractivity (Wildman–Crippen MR) is 103 cm³/mol. The highest BCUT2D eigenvalue weighted by molar-refractivity contribution is 6.31. The average molecular weight is 403 g/mol. The summed E-state index contributed by atoms with van der Waals surface area (Å²) in [5.41, 5.74) is 1.19. The van der Waals surface area contributed by atoms with E-state index in [1.54, 1.807) is 19.1 Å². The zero-order chi connectivity index (χ0) is 20.4. The number of carboxylic acid groups (broad SMARTS) is 1. The van der Waals surface area contributed by atoms with Crippen LogP contribution in [-0.4, -0.2) is 22.0 Å². The number of pyridine rings is 1. The SMILES string of the molecule is Cc1cc(F)ccc1CC(=O)NCc1cc(Cl)cc2cc(C(=O)O)c(=O)[nH]c12. The normalized spacial score (nSPS) is 10.8. The van der Waals surface area contributed by atoms with Crippen molar-refractivity contribution in [2.24, 2.45) is 0 Å². The van der Waals surface area contributed by atoms with Gasteiger partial charge in [-0.1, -0.05) is 17.7 Å². The predicted octanol–water partition coefficient (Wildman–Crippen LogP) is 3.19. The van der Waals surface area contributed by atoms with Crippen molar-refractivity contribution in [2.75, 3.05) is 0 Å². The van der Waals surface area contributed by atoms with E-state index in [1.165, 1.54) is 24.3 Å². The van der Waals surface area contributed by atoms with E-state index < -0.39 is 17.1 Å². The van der Waals surface area contributed by atoms with Gasteiger partial charge in [-0.3, -0.25) is 9.59 Å². The van der Waals surface area contributed by atoms with Gasteiger partial charge >= 0.3 is 5.97 Å². The molecule has 1 aromatic heterocycles. The minimum Gasteiger partial charge on any atom is -0.477 e. The molecule has 6 nitrogen and oxygen atoms in total. The Kier molecular flexibility index (Phi) is 5.46. The molecule has 0 unspecified atom stereocenters. The van der Waals surface area contributed by atoms with Gasteiger partial charge in [-0.2, -0.15) is 0 Å². The van der Waals surface area contributed by atoms with Crippen LogP contribution < -0.4 is 10.9 Å². The largest absolute Gasteiger partial charge is 0.477 e. The van der Waals surface area contributed by atoms with Crippen molar-refractivity contribution in [1.82, 2.24) is 10.3 Å². The standard InChI is InChI=1S/C20H16ClFN2O4/c1-10-4-15(22)3-2-11(10)8-17(25)23-9-13-6-14(21)5-12-7-16(20(27)28)19(26)24-18(12)13/h2-7H,8-9H2,1H3,(H,23,25)(H,24,26)(H,27,28). The molecule has 0 aliphatic heterocycles. The third-order valence-electron chi connectivity index (χ3n) is 4.36. The molecule has 3 rings (SSSR count). The molecule has 3 N–H and O–H groups in total. The third kappa shape index (κ3) is 4.20. The van der Waals surface area contributed by atoms with E-state index >= 15 is 0 Å². The van der Waals surface area contributed by atoms with Crippen molar-refractivity contribution in [3.63, 3.8) is 0 Å². The van der Waals surface area contributed by atoms with Crippen LogP contribution in [0.15, 0.2) is 41.2 Å². The number of carboxylic acids is 1. The Morgan fingerprint density at radius 3 is 2.61 bits per heavy atom. The lowest BCUT2D eigenvalue weighted by atomic mass is 10.0. The van der Waals surface area contributed by atoms with Crippen LogP contribution in [0.1, 0.15) is 27.0 Å². The molecular weight excluding hydrogens is 387 g/mol. The number of aromatic nitrogens is 1. The Morgan fingerprint density at radius 1 is 1.18 bits per heavy atom. The highest BCUT2D eigenvalue weighted by atomic mass is 35.5. The van der Waals surface area contributed by atoms with Crippen LogP contribution in [0.4, 0.5) is 4.39 Å². The third-order valence-corrected chi connectivity index (χ3v) is 4.58. The summed E-state index contributed by atoms with van der Waals surface area (Å²) in [6.07, 6.45) is 0.0737. The Balaban J connectivity index is 1.83. The van der Waals surface area contributed by atoms with Crippen LogP contribution in [0.2, 0.25) is 5.02 Å². The summed E-state index contributed by atoms with van der Waals surface area (Å²) in [5.74, 6) is -1.99. The van der Waals surface area contributed by atoms with Crippen LogP contribution in [-0.2, 0) is 17.8 Å². The van der Waals surface area contributed by atoms with Crippen molar-refractivity contribution in [2.45, 2.75) is 19.9 Å². The van der Waals surface area contributed by atoms with Crippen molar-refractivity contribution < 1.29 is 19.1 Å². The van der Waals surface area contributed by atoms with Gasteiger partial charge in [0.2, 0.25) is 5.91 Å². The highest BCUT2D eigenvalue weighted by Crippen LogP contribution is 2.22. The number of H-pyrrole nitrogens is 1. The van der Waals surface area contributed by atoms with Gasteiger partial charge < -0.3 is 15.4 Å². The van der Waals surface area contributed by atoms with Crippen LogP contribution in [0.25, 0.3) is 10.9 Å². The Hall–Kier alpha value is -3.19. The number of amides is 1. The summed E-state index contributed by atoms with van der Waals surface area (Å²) >= 11 is 6.09. The fourth-order valence-electron chi connectivity index (χ4n) is 2.94. The fourth-order valence-corrected chi connectivity index (χ4v) is 3.19. The number of nitrogens with one attached hydrogen (secondary N) is 2. The Labute approximate surface area is 164 Å². The molecule has 2 aromatic carbocycles. The zero-order valence-corrected chi connectivity index (χ0v) is 15.6. The lowest BCUT2D eigenvalue weighted by Gasteiger charge is -2.11. The number of benzene rings is 2. The van der Waals surface area contributed by atoms with Crippen LogP contribution in [0, 0.1) is 12.7 Å². The number of rotatable bonds is 5. The molecule has 0 saturated heterocycles. The Bertz CT molecular complexity index is 1160. The topological polar surface area (TPSA) is 99.3 Å². The second-order valence-corrected chi connectivity index (χ2v) is 6.81. The van der Waals surface area contributed by atoms with E-state index in [1.807, 2.05) is 0 Å². The molecule has 144 valence electrons. The lowest BCUT2D eigenvalue weighted by Crippen LogP contribution is -2.25. The fraction of sp³-hybridized carbons (Fsp3) is 0.150. The van der Waals surface area contributed by atoms with Crippen molar-refractivity contribution in [3.05, 3.63) is 79.8 Å². The molecule has 0 aliphatic carbocycles. The summed E-state index contributed by atoms with van der Waals surface area (Å²) in [4.78, 5) is 37.9. The van der Waals surface area contributed by atoms with E-state index in [0.29, 0.717) is 32.6 Å². The molecule has 0 fully saturated rings. The molecule has 0 spiro atoms. The molecule has 28 heavy (non-hydrogen) atoms. The number of halogens is 2. The quantitative estimate of drug-likeness (QED) is 0.610. The summed E-state index contributed by atoms with van der Waals surface area (Å²) in [7, 11) is 0. The maximum absolute atomic E-state index is 13.2. The molecule has 0 saturated carbocycles. The van der Waals surface area contributed by atoms with Crippen LogP contribution in [0.5, 0.6) is 0 Å². The maximum atomic E-state index is 13.2. The average Bonchev–Trinajstić information content (AvgIpc) is 2.62. The first-order valence-electron chi connectivity index (χ1n) is 8.35. The first-order chi connectivity index (χ1) is 13.2. The second kappa shape index (κ2) is 7.82. The van der Waals surface area contributed by atoms with E-state index in [9.17, 15) is 18.8 Å². The number of carbonyl (C=O) groups excluding carboxylic acids is 1. The summed E-state index contributed by atoms with van der Waals surface area (Å²) in [6, 6.07) is 8.58. The van der Waals surface area contributed by atoms with Gasteiger partial charge in [0, 0.05) is 17.0 Å². The van der Waals surface area contributed by atoms with E-state index in [4.69, 9.17) is 16.7 Å². The zero-order valence-electron chi connectivity index (χ0n) is 14.8. The molecular formula is C20H16ClFN2O4. The minimum absolute atomic E-state index is 0.0737. The maximum Gasteiger partial charge on any atom is 0.341 e. The lowest BCUT2D eigenvalue weighted by molar-refractivity contribution is -0.120. The van der Waals surface area contributed by atoms with Gasteiger partial charge in [0.25, 0.3) is 5.56 Å². The van der Waals surface area contributed by atoms with Crippen LogP contribution in [0.3, 0.4) is 0 Å². The van der Waals surface area contributed by atoms with E-state index in [2.05, 4.69) is 10.3 Å². The number of hydrogen-bond donors (Lipinski definition) is 3. The van der Waals surface area contributed by atoms with Crippen molar-refractivity contribution in [1.29, 1.82) is 0 Å². The van der Waals surface area contributed by atoms with Gasteiger partial charge in [0.05, 0.1) is 11.9 Å². The van der Waals surface area contributed by atoms with E-state index in [-0.39, 0.29) is 24.7 Å². The van der Waals surface area contributed by atoms with Gasteiger partial charge in [-0.15, -0.1) is 0 Å². The van der Waals surface area contributed by atoms with Crippen LogP contribution >= 0.6 is 11.6 Å². The molecule has 3 aromatic rings. The minimum atomic E-state index is -1.34. The number of aromatic amines is 1. The molecule has 0 atom stereocenters. The summed E-state index contributed by atoms with van der Waals surface area (Å²) < 4.78 is 13.2. The smallest absolute Gasteiger partial charge is 0.341 e. The summed E-state index contributed by atoms with van der Waals surface area (Å²) in [6.45, 7) is 1.80. The first-order valence-corrected chi connectivity index (χ1v) is 8.73. The Morgan fingerprint density at radius 2 is 1.93 bits per heavy atom. The second-order valence-electron chi connectivity index (χ2n) is 6.37. The highest BCUT2D eigenvalue weighted by Gasteiger charge is 2.14. The van der Waals surface area contributed by atoms with Gasteiger partial charge in [-0.25, -0.2) is 9.18 Å². The number of aromatic carboxylic acids is 1. The van der Waals surface area contributed by atoms with Gasteiger partial charge in [-0.05, 0) is 53.9 Å². The molecule has 8 heteroatoms. The number of hydrogen-bond acceptors (Lipinski definition) is 3. The van der Waals surface area contributed by atoms with Gasteiger partial charge in [0.1, 0.15) is 11.4 Å². The number of aryl methyl sites for hydroxylation is 1. The number of carbonyl (C=O) groups is 2. The van der Waals surface area contributed by atoms with Crippen molar-refractivity contribution in [3.8, 4) is 0 Å². The van der Waals surface area contributed by atoms with Crippen molar-refractivity contribution >= 4 is 34.4 Å². The molecule has 0 bridgehead atoms. The molecule has 0 aliphatic rings. The monoisotopic (exact) mass is 402 g/mol. The van der Waals surface area contributed by atoms with E-state index in [0.717, 1.165) is 0 Å². The molecule has 1 heterocycles. The molecule has 0 radical (unpaired) electrons. The molecule has 1 amide bonds. The number of fused-ring (bicyclic) bond motifs is 1. The van der Waals surface area contributed by atoms with Gasteiger partial charge in [0.15, 0.2) is 0 Å². The summed E-state index contributed by atoms with van der Waals surface area (Å²) in [5, 5.41) is 12.6. The first kappa shape index (κ1) is 19.6.